The smallest absolute Gasteiger partial charge is 0.211 e. The lowest BCUT2D eigenvalue weighted by molar-refractivity contribution is -0.109. The first kappa shape index (κ1) is 35.2. The summed E-state index contributed by atoms with van der Waals surface area (Å²) in [5.74, 6) is -0.0270. The molecule has 1 heterocycles. The number of Topliss-reactive ketones (excluding diaryl/α,β-unsaturated/α-hetero) is 1. The molecule has 2 aliphatic rings. The van der Waals surface area contributed by atoms with Crippen molar-refractivity contribution in [1.29, 1.82) is 0 Å². The van der Waals surface area contributed by atoms with Crippen LogP contribution >= 0.6 is 23.2 Å². The van der Waals surface area contributed by atoms with Crippen LogP contribution in [0.2, 0.25) is 10.0 Å². The van der Waals surface area contributed by atoms with Crippen LogP contribution in [0.5, 0.6) is 0 Å². The molecule has 1 aliphatic carbocycles. The maximum Gasteiger partial charge on any atom is 0.211 e. The van der Waals surface area contributed by atoms with Crippen LogP contribution in [0, 0.1) is 17.7 Å². The Hall–Kier alpha value is -3.26. The van der Waals surface area contributed by atoms with E-state index in [0.29, 0.717) is 22.7 Å². The summed E-state index contributed by atoms with van der Waals surface area (Å²) in [6.45, 7) is 5.97. The lowest BCUT2D eigenvalue weighted by atomic mass is 9.70. The second kappa shape index (κ2) is 16.7. The fourth-order valence-electron chi connectivity index (χ4n) is 6.13. The molecular formula is C35H42Cl2FN3O3. The van der Waals surface area contributed by atoms with E-state index in [1.165, 1.54) is 19.3 Å². The molecule has 0 radical (unpaired) electrons. The summed E-state index contributed by atoms with van der Waals surface area (Å²) in [6.07, 6.45) is 7.28. The van der Waals surface area contributed by atoms with Gasteiger partial charge in [-0.2, -0.15) is 0 Å². The molecule has 1 saturated carbocycles. The summed E-state index contributed by atoms with van der Waals surface area (Å²) in [7, 11) is 1.86. The minimum absolute atomic E-state index is 0.0246. The first-order valence-electron chi connectivity index (χ1n) is 15.0. The molecule has 3 aromatic carbocycles. The average Bonchev–Trinajstić information content (AvgIpc) is 3.29. The summed E-state index contributed by atoms with van der Waals surface area (Å²) >= 11 is 11.5. The Morgan fingerprint density at radius 1 is 0.977 bits per heavy atom. The van der Waals surface area contributed by atoms with Crippen molar-refractivity contribution < 1.29 is 18.8 Å². The van der Waals surface area contributed by atoms with Crippen LogP contribution in [0.25, 0.3) is 0 Å². The van der Waals surface area contributed by atoms with Gasteiger partial charge in [0.05, 0.1) is 11.1 Å². The normalized spacial score (nSPS) is 20.0. The zero-order chi connectivity index (χ0) is 32.3. The van der Waals surface area contributed by atoms with E-state index in [1.807, 2.05) is 45.2 Å². The zero-order valence-corrected chi connectivity index (χ0v) is 27.2. The van der Waals surface area contributed by atoms with Gasteiger partial charge in [-0.25, -0.2) is 4.39 Å². The molecule has 1 saturated heterocycles. The van der Waals surface area contributed by atoms with E-state index in [1.54, 1.807) is 42.5 Å². The van der Waals surface area contributed by atoms with Crippen LogP contribution in [0.3, 0.4) is 0 Å². The Kier molecular flexibility index (Phi) is 13.4. The van der Waals surface area contributed by atoms with Gasteiger partial charge in [0.1, 0.15) is 12.1 Å². The summed E-state index contributed by atoms with van der Waals surface area (Å²) < 4.78 is 14.4. The minimum Gasteiger partial charge on any atom is -0.388 e. The standard InChI is InChI=1S/C17H21ClFNO.C11H15NO.C7H6ClNO/c1-11-15(12-6-5-7-13(18)16(12)19)14(10-21)20-17(11)8-3-2-4-9-17;1-8(2)11(13)9-4-6-10(12-3)7-5-9;8-6-2-1-3-7(4-6)9-5-10/h5-7,10-11,14-15,20H,2-4,8-9H2,1H3;4-8,12H,1-3H3;1-5H,(H,9,10)/t11?,14-,15?;;/m0../s1. The van der Waals surface area contributed by atoms with Crippen molar-refractivity contribution >= 4 is 53.1 Å². The molecule has 44 heavy (non-hydrogen) atoms. The van der Waals surface area contributed by atoms with Crippen LogP contribution in [0.1, 0.15) is 74.7 Å². The number of benzene rings is 3. The fraction of sp³-hybridized carbons (Fsp3) is 0.400. The van der Waals surface area contributed by atoms with Gasteiger partial charge in [-0.15, -0.1) is 0 Å². The van der Waals surface area contributed by atoms with Crippen LogP contribution in [-0.2, 0) is 9.59 Å². The lowest BCUT2D eigenvalue weighted by Gasteiger charge is -2.38. The third-order valence-electron chi connectivity index (χ3n) is 8.52. The third-order valence-corrected chi connectivity index (χ3v) is 9.04. The van der Waals surface area contributed by atoms with Crippen LogP contribution < -0.4 is 16.0 Å². The van der Waals surface area contributed by atoms with Crippen molar-refractivity contribution in [2.45, 2.75) is 70.4 Å². The van der Waals surface area contributed by atoms with E-state index in [9.17, 15) is 18.8 Å². The number of anilines is 2. The van der Waals surface area contributed by atoms with Crippen molar-refractivity contribution in [3.8, 4) is 0 Å². The molecule has 236 valence electrons. The highest BCUT2D eigenvalue weighted by molar-refractivity contribution is 6.31. The van der Waals surface area contributed by atoms with E-state index in [2.05, 4.69) is 22.9 Å². The van der Waals surface area contributed by atoms with Gasteiger partial charge in [0.15, 0.2) is 5.78 Å². The highest BCUT2D eigenvalue weighted by atomic mass is 35.5. The van der Waals surface area contributed by atoms with Gasteiger partial charge in [0.25, 0.3) is 0 Å². The second-order valence-corrected chi connectivity index (χ2v) is 12.4. The average molecular weight is 643 g/mol. The largest absolute Gasteiger partial charge is 0.388 e. The molecular weight excluding hydrogens is 600 g/mol. The van der Waals surface area contributed by atoms with E-state index >= 15 is 0 Å². The molecule has 5 rings (SSSR count). The van der Waals surface area contributed by atoms with Gasteiger partial charge in [0, 0.05) is 46.4 Å². The first-order valence-corrected chi connectivity index (χ1v) is 15.8. The number of halogens is 3. The first-order chi connectivity index (χ1) is 21.1. The maximum absolute atomic E-state index is 14.4. The number of nitrogens with one attached hydrogen (secondary N) is 3. The van der Waals surface area contributed by atoms with E-state index in [0.717, 1.165) is 30.4 Å². The molecule has 3 aromatic rings. The molecule has 1 aliphatic heterocycles. The van der Waals surface area contributed by atoms with Crippen LogP contribution in [0.15, 0.2) is 66.7 Å². The summed E-state index contributed by atoms with van der Waals surface area (Å²) in [5, 5.41) is 9.77. The summed E-state index contributed by atoms with van der Waals surface area (Å²) in [4.78, 5) is 33.0. The van der Waals surface area contributed by atoms with Crippen LogP contribution in [0.4, 0.5) is 15.8 Å². The highest BCUT2D eigenvalue weighted by Crippen LogP contribution is 2.48. The fourth-order valence-corrected chi connectivity index (χ4v) is 6.50. The molecule has 3 N–H and O–H groups in total. The predicted octanol–water partition coefficient (Wildman–Crippen LogP) is 8.55. The van der Waals surface area contributed by atoms with Gasteiger partial charge >= 0.3 is 0 Å². The van der Waals surface area contributed by atoms with E-state index < -0.39 is 0 Å². The number of carbonyl (C=O) groups is 3. The molecule has 1 spiro atoms. The number of amides is 1. The SMILES string of the molecule is CC1C(c2cccc(Cl)c2F)[C@H](C=O)NC12CCCCC2.CNc1ccc(C(=O)C(C)C)cc1.O=CNc1cccc(Cl)c1. The monoisotopic (exact) mass is 641 g/mol. The Balaban J connectivity index is 0.000000197. The van der Waals surface area contributed by atoms with Crippen LogP contribution in [-0.4, -0.2) is 37.1 Å². The molecule has 9 heteroatoms. The molecule has 0 bridgehead atoms. The minimum atomic E-state index is -0.377. The molecule has 6 nitrogen and oxygen atoms in total. The number of carbonyl (C=O) groups excluding carboxylic acids is 3. The Labute approximate surface area is 270 Å². The quantitative estimate of drug-likeness (QED) is 0.178. The van der Waals surface area contributed by atoms with Crippen molar-refractivity contribution in [2.75, 3.05) is 17.7 Å². The lowest BCUT2D eigenvalue weighted by Crippen LogP contribution is -2.47. The Morgan fingerprint density at radius 3 is 2.20 bits per heavy atom. The zero-order valence-electron chi connectivity index (χ0n) is 25.7. The second-order valence-electron chi connectivity index (χ2n) is 11.6. The van der Waals surface area contributed by atoms with Gasteiger partial charge in [0.2, 0.25) is 6.41 Å². The maximum atomic E-state index is 14.4. The van der Waals surface area contributed by atoms with E-state index in [4.69, 9.17) is 23.2 Å². The number of aldehydes is 1. The predicted molar refractivity (Wildman–Crippen MR) is 178 cm³/mol. The van der Waals surface area contributed by atoms with Crippen molar-refractivity contribution in [3.05, 3.63) is 93.7 Å². The molecule has 1 amide bonds. The van der Waals surface area contributed by atoms with Crippen molar-refractivity contribution in [1.82, 2.24) is 5.32 Å². The molecule has 0 aromatic heterocycles. The molecule has 3 atom stereocenters. The van der Waals surface area contributed by atoms with Gasteiger partial charge in [-0.3, -0.25) is 9.59 Å². The number of hydrogen-bond acceptors (Lipinski definition) is 5. The van der Waals surface area contributed by atoms with E-state index in [-0.39, 0.29) is 46.0 Å². The Morgan fingerprint density at radius 2 is 1.64 bits per heavy atom. The van der Waals surface area contributed by atoms with Gasteiger partial charge in [-0.1, -0.05) is 81.4 Å². The Bertz CT molecular complexity index is 1390. The van der Waals surface area contributed by atoms with Gasteiger partial charge < -0.3 is 20.7 Å². The van der Waals surface area contributed by atoms with Crippen molar-refractivity contribution in [3.63, 3.8) is 0 Å². The van der Waals surface area contributed by atoms with Crippen molar-refractivity contribution in [2.24, 2.45) is 11.8 Å². The third kappa shape index (κ3) is 8.90. The topological polar surface area (TPSA) is 87.3 Å². The number of hydrogen-bond donors (Lipinski definition) is 3. The van der Waals surface area contributed by atoms with Gasteiger partial charge in [-0.05, 0) is 72.9 Å². The summed E-state index contributed by atoms with van der Waals surface area (Å²) in [6, 6.07) is 19.3. The highest BCUT2D eigenvalue weighted by Gasteiger charge is 2.51. The molecule has 2 fully saturated rings. The molecule has 2 unspecified atom stereocenters. The number of ketones is 1. The summed E-state index contributed by atoms with van der Waals surface area (Å²) in [5.41, 5.74) is 3.07. The number of rotatable bonds is 7.